The minimum atomic E-state index is -5.03. The van der Waals surface area contributed by atoms with Gasteiger partial charge in [0.2, 0.25) is 0 Å². The number of ketones is 1. The van der Waals surface area contributed by atoms with Gasteiger partial charge < -0.3 is 17.7 Å². The fourth-order valence-corrected chi connectivity index (χ4v) is 1.48. The average molecular weight is 254 g/mol. The van der Waals surface area contributed by atoms with Crippen LogP contribution in [0.2, 0.25) is 0 Å². The molecule has 7 heteroatoms. The number of fused-ring (bicyclic) bond motifs is 1. The van der Waals surface area contributed by atoms with Crippen LogP contribution in [-0.4, -0.2) is 19.4 Å². The Hall–Kier alpha value is 0.181. The molecule has 0 amide bonds. The van der Waals surface area contributed by atoms with Crippen molar-refractivity contribution in [2.45, 2.75) is 6.42 Å². The monoisotopic (exact) mass is 254 g/mol. The van der Waals surface area contributed by atoms with Crippen molar-refractivity contribution in [3.63, 3.8) is 0 Å². The molecule has 0 radical (unpaired) electrons. The van der Waals surface area contributed by atoms with Crippen LogP contribution in [0.5, 0.6) is 5.75 Å². The molecule has 1 aliphatic heterocycles. The van der Waals surface area contributed by atoms with Gasteiger partial charge in [0.15, 0.2) is 5.78 Å². The number of halogens is 3. The molecule has 0 atom stereocenters. The van der Waals surface area contributed by atoms with Crippen LogP contribution >= 0.6 is 0 Å². The average Bonchev–Trinajstić information content (AvgIpc) is 2.16. The van der Waals surface area contributed by atoms with Crippen LogP contribution < -0.4 is 61.6 Å². The third-order valence-corrected chi connectivity index (χ3v) is 2.27. The van der Waals surface area contributed by atoms with E-state index in [1.54, 1.807) is 0 Å². The van der Waals surface area contributed by atoms with Gasteiger partial charge in [0.1, 0.15) is 5.75 Å². The SMILES string of the molecule is O=C1CCOc2cc([B-](F)(F)F)ccc21.[K+]. The first-order valence-corrected chi connectivity index (χ1v) is 4.48. The van der Waals surface area contributed by atoms with E-state index in [1.807, 2.05) is 0 Å². The summed E-state index contributed by atoms with van der Waals surface area (Å²) in [4.78, 5) is 11.3. The quantitative estimate of drug-likeness (QED) is 0.583. The molecule has 0 aliphatic carbocycles. The summed E-state index contributed by atoms with van der Waals surface area (Å²) in [6, 6.07) is 3.00. The summed E-state index contributed by atoms with van der Waals surface area (Å²) < 4.78 is 42.2. The molecule has 0 unspecified atom stereocenters. The van der Waals surface area contributed by atoms with Crippen LogP contribution in [0.3, 0.4) is 0 Å². The molecule has 80 valence electrons. The Balaban J connectivity index is 0.00000128. The number of hydrogen-bond acceptors (Lipinski definition) is 2. The van der Waals surface area contributed by atoms with Crippen molar-refractivity contribution in [1.82, 2.24) is 0 Å². The van der Waals surface area contributed by atoms with Crippen LogP contribution in [0, 0.1) is 0 Å². The van der Waals surface area contributed by atoms with Crippen molar-refractivity contribution >= 4 is 18.2 Å². The van der Waals surface area contributed by atoms with Gasteiger partial charge in [-0.15, -0.1) is 5.46 Å². The van der Waals surface area contributed by atoms with Crippen LogP contribution in [0.25, 0.3) is 0 Å². The van der Waals surface area contributed by atoms with Crippen molar-refractivity contribution in [2.75, 3.05) is 6.61 Å². The zero-order chi connectivity index (χ0) is 11.1. The topological polar surface area (TPSA) is 26.3 Å². The first-order valence-electron chi connectivity index (χ1n) is 4.48. The van der Waals surface area contributed by atoms with Crippen LogP contribution in [-0.2, 0) is 0 Å². The van der Waals surface area contributed by atoms with E-state index in [9.17, 15) is 17.7 Å². The Morgan fingerprint density at radius 3 is 2.56 bits per heavy atom. The summed E-state index contributed by atoms with van der Waals surface area (Å²) in [5.41, 5.74) is -0.492. The Labute approximate surface area is 133 Å². The minimum absolute atomic E-state index is 0. The molecule has 1 heterocycles. The first-order chi connectivity index (χ1) is 6.98. The maximum atomic E-state index is 12.4. The van der Waals surface area contributed by atoms with E-state index in [4.69, 9.17) is 4.74 Å². The molecule has 1 aliphatic rings. The molecule has 0 saturated carbocycles. The standard InChI is InChI=1S/C9H7BF3O2.K/c11-10(12,13)6-1-2-7-8(14)3-4-15-9(7)5-6;/h1-2,5H,3-4H2;/q-1;+1. The summed E-state index contributed by atoms with van der Waals surface area (Å²) >= 11 is 0. The van der Waals surface area contributed by atoms with Gasteiger partial charge in [-0.3, -0.25) is 4.79 Å². The Morgan fingerprint density at radius 1 is 1.25 bits per heavy atom. The summed E-state index contributed by atoms with van der Waals surface area (Å²) in [6.45, 7) is -4.88. The van der Waals surface area contributed by atoms with E-state index >= 15 is 0 Å². The Bertz CT molecular complexity index is 420. The number of carbonyl (C=O) groups excluding carboxylic acids is 1. The van der Waals surface area contributed by atoms with Gasteiger partial charge >= 0.3 is 58.4 Å². The third-order valence-electron chi connectivity index (χ3n) is 2.27. The maximum absolute atomic E-state index is 12.4. The zero-order valence-electron chi connectivity index (χ0n) is 8.67. The van der Waals surface area contributed by atoms with E-state index < -0.39 is 12.4 Å². The second-order valence-corrected chi connectivity index (χ2v) is 3.35. The van der Waals surface area contributed by atoms with Crippen LogP contribution in [0.4, 0.5) is 12.9 Å². The molecular weight excluding hydrogens is 247 g/mol. The Kier molecular flexibility index (Phi) is 4.65. The minimum Gasteiger partial charge on any atom is -0.492 e. The third kappa shape index (κ3) is 2.89. The molecule has 2 rings (SSSR count). The molecule has 0 saturated heterocycles. The largest absolute Gasteiger partial charge is 1.00 e. The summed E-state index contributed by atoms with van der Waals surface area (Å²) in [5, 5.41) is 0. The number of rotatable bonds is 1. The van der Waals surface area contributed by atoms with Crippen molar-refractivity contribution < 1.29 is 73.9 Å². The normalized spacial score (nSPS) is 14.8. The number of ether oxygens (including phenoxy) is 1. The van der Waals surface area contributed by atoms with E-state index in [-0.39, 0.29) is 81.5 Å². The van der Waals surface area contributed by atoms with Gasteiger partial charge in [-0.25, -0.2) is 0 Å². The molecule has 0 bridgehead atoms. The van der Waals surface area contributed by atoms with E-state index in [1.165, 1.54) is 6.07 Å². The smallest absolute Gasteiger partial charge is 0.492 e. The summed E-state index contributed by atoms with van der Waals surface area (Å²) in [6.07, 6.45) is 0.226. The molecule has 16 heavy (non-hydrogen) atoms. The van der Waals surface area contributed by atoms with Gasteiger partial charge in [0.05, 0.1) is 12.2 Å². The first kappa shape index (κ1) is 14.2. The van der Waals surface area contributed by atoms with Crippen LogP contribution in [0.15, 0.2) is 18.2 Å². The van der Waals surface area contributed by atoms with E-state index in [2.05, 4.69) is 0 Å². The molecule has 2 nitrogen and oxygen atoms in total. The van der Waals surface area contributed by atoms with Gasteiger partial charge in [-0.2, -0.15) is 0 Å². The maximum Gasteiger partial charge on any atom is 1.00 e. The van der Waals surface area contributed by atoms with Gasteiger partial charge in [0.25, 0.3) is 0 Å². The van der Waals surface area contributed by atoms with E-state index in [0.717, 1.165) is 12.1 Å². The second-order valence-electron chi connectivity index (χ2n) is 3.35. The molecular formula is C9H7BF3KO2. The second kappa shape index (κ2) is 5.22. The van der Waals surface area contributed by atoms with Gasteiger partial charge in [0, 0.05) is 6.42 Å². The van der Waals surface area contributed by atoms with E-state index in [0.29, 0.717) is 0 Å². The molecule has 0 aromatic heterocycles. The summed E-state index contributed by atoms with van der Waals surface area (Å²) in [5.74, 6) is -0.125. The van der Waals surface area contributed by atoms with Crippen molar-refractivity contribution in [3.05, 3.63) is 23.8 Å². The molecule has 0 spiro atoms. The van der Waals surface area contributed by atoms with Gasteiger partial charge in [-0.1, -0.05) is 12.1 Å². The van der Waals surface area contributed by atoms with Crippen LogP contribution in [0.1, 0.15) is 16.8 Å². The van der Waals surface area contributed by atoms with Gasteiger partial charge in [-0.05, 0) is 6.07 Å². The predicted octanol–water partition coefficient (Wildman–Crippen LogP) is -1.29. The zero-order valence-corrected chi connectivity index (χ0v) is 11.8. The number of carbonyl (C=O) groups is 1. The van der Waals surface area contributed by atoms with Crippen molar-refractivity contribution in [3.8, 4) is 5.75 Å². The molecule has 1 aromatic rings. The fourth-order valence-electron chi connectivity index (χ4n) is 1.48. The molecule has 1 aromatic carbocycles. The molecule has 0 fully saturated rings. The fraction of sp³-hybridized carbons (Fsp3) is 0.222. The number of hydrogen-bond donors (Lipinski definition) is 0. The summed E-state index contributed by atoms with van der Waals surface area (Å²) in [7, 11) is 0. The number of Topliss-reactive ketones (excluding diaryl/α,β-unsaturated/α-hetero) is 1. The molecule has 0 N–H and O–H groups in total. The van der Waals surface area contributed by atoms with Crippen molar-refractivity contribution in [2.24, 2.45) is 0 Å². The number of benzene rings is 1. The predicted molar refractivity (Wildman–Crippen MR) is 49.6 cm³/mol. The van der Waals surface area contributed by atoms with Crippen molar-refractivity contribution in [1.29, 1.82) is 0 Å². The Morgan fingerprint density at radius 2 is 1.94 bits per heavy atom.